The molecule has 5 fully saturated rings. The Labute approximate surface area is 118 Å². The third kappa shape index (κ3) is 1.47. The molecule has 0 heteroatoms. The van der Waals surface area contributed by atoms with Crippen molar-refractivity contribution in [3.63, 3.8) is 0 Å². The first-order chi connectivity index (χ1) is 9.33. The summed E-state index contributed by atoms with van der Waals surface area (Å²) in [6, 6.07) is 0. The first kappa shape index (κ1) is 11.6. The summed E-state index contributed by atoms with van der Waals surface area (Å²) in [5.74, 6) is 10.4. The summed E-state index contributed by atoms with van der Waals surface area (Å²) in [5.41, 5.74) is 0. The summed E-state index contributed by atoms with van der Waals surface area (Å²) in [7, 11) is 0. The van der Waals surface area contributed by atoms with Crippen molar-refractivity contribution in [2.45, 2.75) is 64.7 Å². The van der Waals surface area contributed by atoms with Crippen LogP contribution in [0.4, 0.5) is 0 Å². The Bertz CT molecular complexity index is 366. The first-order valence-corrected chi connectivity index (χ1v) is 9.33. The standard InChI is InChI=1S/C19H30/c1-11-9-15-10-14-4-2-3-12-5-6-13-7-8-16(11)18(15)19(13)17(12)14/h11-19H,2-10H2,1H3. The zero-order chi connectivity index (χ0) is 12.6. The molecule has 0 aromatic heterocycles. The van der Waals surface area contributed by atoms with Gasteiger partial charge in [0.05, 0.1) is 0 Å². The van der Waals surface area contributed by atoms with E-state index in [2.05, 4.69) is 6.92 Å². The molecule has 0 heterocycles. The highest BCUT2D eigenvalue weighted by atomic mass is 14.6. The molecular weight excluding hydrogens is 228 g/mol. The predicted molar refractivity (Wildman–Crippen MR) is 78.6 cm³/mol. The minimum absolute atomic E-state index is 1.07. The van der Waals surface area contributed by atoms with Gasteiger partial charge in [0, 0.05) is 0 Å². The number of rotatable bonds is 0. The van der Waals surface area contributed by atoms with Gasteiger partial charge in [0.2, 0.25) is 0 Å². The van der Waals surface area contributed by atoms with Gasteiger partial charge >= 0.3 is 0 Å². The Morgan fingerprint density at radius 3 is 2.21 bits per heavy atom. The van der Waals surface area contributed by atoms with Crippen molar-refractivity contribution in [2.24, 2.45) is 53.3 Å². The molecular formula is C19H30. The number of hydrogen-bond donors (Lipinski definition) is 0. The fourth-order valence-electron chi connectivity index (χ4n) is 8.16. The second-order valence-corrected chi connectivity index (χ2v) is 8.97. The molecule has 5 aliphatic rings. The lowest BCUT2D eigenvalue weighted by Gasteiger charge is -2.59. The fraction of sp³-hybridized carbons (Fsp3) is 1.00. The maximum atomic E-state index is 2.59. The van der Waals surface area contributed by atoms with E-state index in [-0.39, 0.29) is 0 Å². The molecule has 0 bridgehead atoms. The van der Waals surface area contributed by atoms with Crippen LogP contribution in [0.15, 0.2) is 0 Å². The average Bonchev–Trinajstić information content (AvgIpc) is 2.76. The number of hydrogen-bond acceptors (Lipinski definition) is 0. The second-order valence-electron chi connectivity index (χ2n) is 8.97. The van der Waals surface area contributed by atoms with E-state index in [9.17, 15) is 0 Å². The summed E-state index contributed by atoms with van der Waals surface area (Å²) in [4.78, 5) is 0. The van der Waals surface area contributed by atoms with E-state index in [0.717, 1.165) is 35.5 Å². The molecule has 19 heavy (non-hydrogen) atoms. The van der Waals surface area contributed by atoms with E-state index in [1.165, 1.54) is 17.8 Å². The van der Waals surface area contributed by atoms with E-state index >= 15 is 0 Å². The van der Waals surface area contributed by atoms with Crippen molar-refractivity contribution in [3.05, 3.63) is 0 Å². The highest BCUT2D eigenvalue weighted by Gasteiger charge is 2.59. The SMILES string of the molecule is CC1CC2CC3CCCC4CCC5CCC1C2C5C43. The van der Waals surface area contributed by atoms with Crippen LogP contribution in [0.1, 0.15) is 64.7 Å². The van der Waals surface area contributed by atoms with Crippen molar-refractivity contribution in [1.82, 2.24) is 0 Å². The van der Waals surface area contributed by atoms with Gasteiger partial charge in [0.15, 0.2) is 0 Å². The Balaban J connectivity index is 1.57. The monoisotopic (exact) mass is 258 g/mol. The molecule has 0 radical (unpaired) electrons. The van der Waals surface area contributed by atoms with Gasteiger partial charge in [-0.1, -0.05) is 26.2 Å². The van der Waals surface area contributed by atoms with E-state index in [1.807, 2.05) is 0 Å². The van der Waals surface area contributed by atoms with Crippen LogP contribution in [0.2, 0.25) is 0 Å². The van der Waals surface area contributed by atoms with E-state index in [0.29, 0.717) is 0 Å². The fourth-order valence-corrected chi connectivity index (χ4v) is 8.16. The van der Waals surface area contributed by atoms with Crippen molar-refractivity contribution < 1.29 is 0 Å². The Hall–Kier alpha value is 0. The van der Waals surface area contributed by atoms with Crippen LogP contribution in [-0.2, 0) is 0 Å². The topological polar surface area (TPSA) is 0 Å². The van der Waals surface area contributed by atoms with Gasteiger partial charge in [0.25, 0.3) is 0 Å². The lowest BCUT2D eigenvalue weighted by molar-refractivity contribution is -0.107. The maximum Gasteiger partial charge on any atom is -0.0318 e. The highest BCUT2D eigenvalue weighted by Crippen LogP contribution is 2.66. The van der Waals surface area contributed by atoms with Gasteiger partial charge in [-0.3, -0.25) is 0 Å². The predicted octanol–water partition coefficient (Wildman–Crippen LogP) is 5.13. The van der Waals surface area contributed by atoms with E-state index < -0.39 is 0 Å². The molecule has 5 aliphatic carbocycles. The molecule has 9 unspecified atom stereocenters. The summed E-state index contributed by atoms with van der Waals surface area (Å²) in [6.07, 6.45) is 14.5. The maximum absolute atomic E-state index is 2.59. The van der Waals surface area contributed by atoms with E-state index in [1.54, 1.807) is 57.8 Å². The van der Waals surface area contributed by atoms with Crippen LogP contribution >= 0.6 is 0 Å². The zero-order valence-electron chi connectivity index (χ0n) is 12.6. The van der Waals surface area contributed by atoms with Gasteiger partial charge in [-0.25, -0.2) is 0 Å². The van der Waals surface area contributed by atoms with Gasteiger partial charge in [-0.2, -0.15) is 0 Å². The summed E-state index contributed by atoms with van der Waals surface area (Å²) >= 11 is 0. The van der Waals surface area contributed by atoms with Crippen molar-refractivity contribution in [3.8, 4) is 0 Å². The Kier molecular flexibility index (Phi) is 2.46. The first-order valence-electron chi connectivity index (χ1n) is 9.33. The molecule has 0 aromatic carbocycles. The van der Waals surface area contributed by atoms with Gasteiger partial charge in [-0.05, 0) is 91.8 Å². The molecule has 0 spiro atoms. The third-order valence-corrected chi connectivity index (χ3v) is 8.50. The van der Waals surface area contributed by atoms with Crippen molar-refractivity contribution in [2.75, 3.05) is 0 Å². The lowest BCUT2D eigenvalue weighted by Crippen LogP contribution is -2.52. The average molecular weight is 258 g/mol. The smallest absolute Gasteiger partial charge is 0.0318 e. The molecule has 0 aliphatic heterocycles. The largest absolute Gasteiger partial charge is 0.0622 e. The van der Waals surface area contributed by atoms with Gasteiger partial charge in [0.1, 0.15) is 0 Å². The lowest BCUT2D eigenvalue weighted by atomic mass is 9.46. The summed E-state index contributed by atoms with van der Waals surface area (Å²) in [5, 5.41) is 0. The molecule has 0 saturated heterocycles. The van der Waals surface area contributed by atoms with Gasteiger partial charge in [-0.15, -0.1) is 0 Å². The van der Waals surface area contributed by atoms with Crippen molar-refractivity contribution >= 4 is 0 Å². The highest BCUT2D eigenvalue weighted by molar-refractivity contribution is 5.08. The summed E-state index contributed by atoms with van der Waals surface area (Å²) in [6.45, 7) is 2.59. The minimum Gasteiger partial charge on any atom is -0.0622 e. The molecule has 5 rings (SSSR count). The normalized spacial score (nSPS) is 62.7. The van der Waals surface area contributed by atoms with E-state index in [4.69, 9.17) is 0 Å². The third-order valence-electron chi connectivity index (χ3n) is 8.50. The van der Waals surface area contributed by atoms with Crippen LogP contribution < -0.4 is 0 Å². The summed E-state index contributed by atoms with van der Waals surface area (Å²) < 4.78 is 0. The van der Waals surface area contributed by atoms with Crippen LogP contribution in [0.5, 0.6) is 0 Å². The Morgan fingerprint density at radius 1 is 0.579 bits per heavy atom. The van der Waals surface area contributed by atoms with Crippen LogP contribution in [-0.4, -0.2) is 0 Å². The molecule has 0 nitrogen and oxygen atoms in total. The van der Waals surface area contributed by atoms with Crippen LogP contribution in [0.25, 0.3) is 0 Å². The second kappa shape index (κ2) is 4.01. The van der Waals surface area contributed by atoms with Crippen LogP contribution in [0.3, 0.4) is 0 Å². The molecule has 106 valence electrons. The van der Waals surface area contributed by atoms with Crippen molar-refractivity contribution in [1.29, 1.82) is 0 Å². The molecule has 9 atom stereocenters. The molecule has 0 N–H and O–H groups in total. The quantitative estimate of drug-likeness (QED) is 0.565. The van der Waals surface area contributed by atoms with Crippen LogP contribution in [0, 0.1) is 53.3 Å². The molecule has 0 aromatic rings. The zero-order valence-corrected chi connectivity index (χ0v) is 12.6. The Morgan fingerprint density at radius 2 is 1.32 bits per heavy atom. The molecule has 5 saturated carbocycles. The molecule has 0 amide bonds. The minimum atomic E-state index is 1.07. The van der Waals surface area contributed by atoms with Gasteiger partial charge < -0.3 is 0 Å².